The fourth-order valence-electron chi connectivity index (χ4n) is 2.65. The molecule has 6 nitrogen and oxygen atoms in total. The summed E-state index contributed by atoms with van der Waals surface area (Å²) in [4.78, 5) is 0. The number of rotatable bonds is 5. The van der Waals surface area contributed by atoms with E-state index in [-0.39, 0.29) is 0 Å². The number of tetrazole rings is 1. The minimum absolute atomic E-state index is 0.342. The third kappa shape index (κ3) is 2.52. The van der Waals surface area contributed by atoms with Crippen molar-refractivity contribution in [2.24, 2.45) is 0 Å². The van der Waals surface area contributed by atoms with Gasteiger partial charge in [-0.15, -0.1) is 5.10 Å². The van der Waals surface area contributed by atoms with Crippen molar-refractivity contribution in [1.29, 1.82) is 0 Å². The van der Waals surface area contributed by atoms with Crippen molar-refractivity contribution in [2.75, 3.05) is 0 Å². The Labute approximate surface area is 132 Å². The molecule has 0 aliphatic heterocycles. The van der Waals surface area contributed by atoms with E-state index in [1.54, 1.807) is 4.68 Å². The summed E-state index contributed by atoms with van der Waals surface area (Å²) in [5.74, 6) is 1.50. The highest BCUT2D eigenvalue weighted by molar-refractivity contribution is 6.05. The lowest BCUT2D eigenvalue weighted by atomic mass is 10.1. The van der Waals surface area contributed by atoms with Crippen LogP contribution in [0.5, 0.6) is 5.75 Å². The third-order valence-electron chi connectivity index (χ3n) is 3.76. The maximum atomic E-state index is 5.86. The van der Waals surface area contributed by atoms with Gasteiger partial charge < -0.3 is 9.15 Å². The van der Waals surface area contributed by atoms with Crippen molar-refractivity contribution in [1.82, 2.24) is 20.2 Å². The number of hydrogen-bond donors (Lipinski definition) is 0. The van der Waals surface area contributed by atoms with E-state index >= 15 is 0 Å². The van der Waals surface area contributed by atoms with Crippen LogP contribution in [0.4, 0.5) is 0 Å². The molecule has 0 saturated carbocycles. The second kappa shape index (κ2) is 5.72. The lowest BCUT2D eigenvalue weighted by Gasteiger charge is -2.06. The first-order valence-corrected chi connectivity index (χ1v) is 7.64. The molecule has 116 valence electrons. The summed E-state index contributed by atoms with van der Waals surface area (Å²) in [6.45, 7) is 3.22. The standard InChI is InChI=1S/C17H16N4O2/c1-2-9-21-17(18-19-20-21)11-22-12-7-8-16-14(10-12)13-5-3-4-6-15(13)23-16/h3-8,10H,2,9,11H2,1H3. The Morgan fingerprint density at radius 2 is 1.96 bits per heavy atom. The highest BCUT2D eigenvalue weighted by atomic mass is 16.5. The Kier molecular flexibility index (Phi) is 3.42. The smallest absolute Gasteiger partial charge is 0.189 e. The highest BCUT2D eigenvalue weighted by Crippen LogP contribution is 2.31. The largest absolute Gasteiger partial charge is 0.486 e. The van der Waals surface area contributed by atoms with Crippen molar-refractivity contribution < 1.29 is 9.15 Å². The molecule has 0 radical (unpaired) electrons. The van der Waals surface area contributed by atoms with E-state index in [9.17, 15) is 0 Å². The van der Waals surface area contributed by atoms with Crippen LogP contribution >= 0.6 is 0 Å². The predicted octanol–water partition coefficient (Wildman–Crippen LogP) is 3.56. The minimum Gasteiger partial charge on any atom is -0.486 e. The molecule has 4 aromatic rings. The molecule has 0 N–H and O–H groups in total. The zero-order valence-electron chi connectivity index (χ0n) is 12.8. The molecule has 2 heterocycles. The molecule has 0 aliphatic rings. The molecule has 0 bridgehead atoms. The van der Waals surface area contributed by atoms with Crippen LogP contribution in [0.2, 0.25) is 0 Å². The third-order valence-corrected chi connectivity index (χ3v) is 3.76. The van der Waals surface area contributed by atoms with Gasteiger partial charge in [-0.3, -0.25) is 0 Å². The van der Waals surface area contributed by atoms with Gasteiger partial charge in [0.25, 0.3) is 0 Å². The van der Waals surface area contributed by atoms with E-state index in [0.717, 1.165) is 46.5 Å². The number of nitrogens with zero attached hydrogens (tertiary/aromatic N) is 4. The van der Waals surface area contributed by atoms with Gasteiger partial charge in [-0.2, -0.15) is 0 Å². The van der Waals surface area contributed by atoms with Gasteiger partial charge in [-0.05, 0) is 41.1 Å². The summed E-state index contributed by atoms with van der Waals surface area (Å²) in [6.07, 6.45) is 0.977. The molecule has 0 amide bonds. The summed E-state index contributed by atoms with van der Waals surface area (Å²) < 4.78 is 13.4. The van der Waals surface area contributed by atoms with Gasteiger partial charge in [0, 0.05) is 17.3 Å². The summed E-state index contributed by atoms with van der Waals surface area (Å²) in [5.41, 5.74) is 1.74. The Morgan fingerprint density at radius 1 is 1.09 bits per heavy atom. The number of aromatic nitrogens is 4. The lowest BCUT2D eigenvalue weighted by Crippen LogP contribution is -2.08. The molecule has 0 spiro atoms. The number of furan rings is 1. The maximum absolute atomic E-state index is 5.86. The molecule has 2 aromatic carbocycles. The van der Waals surface area contributed by atoms with Gasteiger partial charge in [0.2, 0.25) is 0 Å². The first-order chi connectivity index (χ1) is 11.3. The van der Waals surface area contributed by atoms with Crippen LogP contribution in [-0.2, 0) is 13.2 Å². The van der Waals surface area contributed by atoms with Gasteiger partial charge in [0.1, 0.15) is 23.5 Å². The molecule has 4 rings (SSSR count). The molecule has 0 saturated heterocycles. The fourth-order valence-corrected chi connectivity index (χ4v) is 2.65. The number of hydrogen-bond acceptors (Lipinski definition) is 5. The first-order valence-electron chi connectivity index (χ1n) is 7.64. The number of ether oxygens (including phenoxy) is 1. The van der Waals surface area contributed by atoms with Gasteiger partial charge >= 0.3 is 0 Å². The number of para-hydroxylation sites is 1. The number of benzene rings is 2. The molecule has 0 atom stereocenters. The van der Waals surface area contributed by atoms with Crippen LogP contribution in [0, 0.1) is 0 Å². The van der Waals surface area contributed by atoms with E-state index < -0.39 is 0 Å². The van der Waals surface area contributed by atoms with Crippen molar-refractivity contribution in [3.05, 3.63) is 48.3 Å². The molecule has 6 heteroatoms. The topological polar surface area (TPSA) is 66.0 Å². The zero-order valence-corrected chi connectivity index (χ0v) is 12.8. The molecule has 23 heavy (non-hydrogen) atoms. The van der Waals surface area contributed by atoms with Gasteiger partial charge in [0.05, 0.1) is 0 Å². The second-order valence-electron chi connectivity index (χ2n) is 5.36. The predicted molar refractivity (Wildman–Crippen MR) is 86.2 cm³/mol. The zero-order chi connectivity index (χ0) is 15.6. The number of aryl methyl sites for hydroxylation is 1. The van der Waals surface area contributed by atoms with Crippen molar-refractivity contribution in [2.45, 2.75) is 26.5 Å². The quantitative estimate of drug-likeness (QED) is 0.564. The Balaban J connectivity index is 1.61. The first kappa shape index (κ1) is 13.8. The van der Waals surface area contributed by atoms with E-state index in [0.29, 0.717) is 6.61 Å². The SMILES string of the molecule is CCCn1nnnc1COc1ccc2oc3ccccc3c2c1. The molecule has 0 aliphatic carbocycles. The normalized spacial score (nSPS) is 11.3. The maximum Gasteiger partial charge on any atom is 0.189 e. The average molecular weight is 308 g/mol. The lowest BCUT2D eigenvalue weighted by molar-refractivity contribution is 0.286. The Hall–Kier alpha value is -2.89. The van der Waals surface area contributed by atoms with E-state index in [2.05, 4.69) is 22.4 Å². The van der Waals surface area contributed by atoms with E-state index in [1.165, 1.54) is 0 Å². The minimum atomic E-state index is 0.342. The van der Waals surface area contributed by atoms with E-state index in [4.69, 9.17) is 9.15 Å². The van der Waals surface area contributed by atoms with Gasteiger partial charge in [0.15, 0.2) is 5.82 Å². The van der Waals surface area contributed by atoms with Gasteiger partial charge in [-0.25, -0.2) is 4.68 Å². The van der Waals surface area contributed by atoms with Crippen LogP contribution in [0.1, 0.15) is 19.2 Å². The molecular weight excluding hydrogens is 292 g/mol. The Morgan fingerprint density at radius 3 is 2.87 bits per heavy atom. The summed E-state index contributed by atoms with van der Waals surface area (Å²) in [7, 11) is 0. The van der Waals surface area contributed by atoms with Crippen LogP contribution < -0.4 is 4.74 Å². The van der Waals surface area contributed by atoms with Gasteiger partial charge in [-0.1, -0.05) is 25.1 Å². The van der Waals surface area contributed by atoms with Crippen molar-refractivity contribution in [3.63, 3.8) is 0 Å². The van der Waals surface area contributed by atoms with Crippen LogP contribution in [0.25, 0.3) is 21.9 Å². The average Bonchev–Trinajstić information content (AvgIpc) is 3.17. The molecular formula is C17H16N4O2. The van der Waals surface area contributed by atoms with Crippen LogP contribution in [0.15, 0.2) is 46.9 Å². The summed E-state index contributed by atoms with van der Waals surface area (Å²) in [6, 6.07) is 13.8. The summed E-state index contributed by atoms with van der Waals surface area (Å²) in [5, 5.41) is 13.8. The molecule has 0 fully saturated rings. The molecule has 0 unspecified atom stereocenters. The molecule has 2 aromatic heterocycles. The fraction of sp³-hybridized carbons (Fsp3) is 0.235. The van der Waals surface area contributed by atoms with Crippen LogP contribution in [0.3, 0.4) is 0 Å². The monoisotopic (exact) mass is 308 g/mol. The van der Waals surface area contributed by atoms with Crippen molar-refractivity contribution in [3.8, 4) is 5.75 Å². The Bertz CT molecular complexity index is 957. The number of fused-ring (bicyclic) bond motifs is 3. The summed E-state index contributed by atoms with van der Waals surface area (Å²) >= 11 is 0. The van der Waals surface area contributed by atoms with E-state index in [1.807, 2.05) is 42.5 Å². The second-order valence-corrected chi connectivity index (χ2v) is 5.36. The van der Waals surface area contributed by atoms with Crippen molar-refractivity contribution >= 4 is 21.9 Å². The van der Waals surface area contributed by atoms with Crippen LogP contribution in [-0.4, -0.2) is 20.2 Å². The highest BCUT2D eigenvalue weighted by Gasteiger charge is 2.09.